The lowest BCUT2D eigenvalue weighted by Crippen LogP contribution is -2.65. The number of hydrogen-bond acceptors (Lipinski definition) is 4. The molecular weight excluding hydrogens is 377 g/mol. The molecular formula is C24H36BNO4. The van der Waals surface area contributed by atoms with Gasteiger partial charge < -0.3 is 19.7 Å². The highest BCUT2D eigenvalue weighted by Gasteiger charge is 2.68. The Morgan fingerprint density at radius 2 is 1.93 bits per heavy atom. The van der Waals surface area contributed by atoms with Gasteiger partial charge in [-0.05, 0) is 61.3 Å². The summed E-state index contributed by atoms with van der Waals surface area (Å²) in [5.41, 5.74) is 1.02. The SMILES string of the molecule is CC(C)C[C@@H](NC(Cc1ccccc1)C(=O)O)B1O[C@H]2CC3C[C@@H](C3(C)C)[C@]2(C)O1. The molecule has 0 aromatic heterocycles. The standard InChI is InChI=1S/C24H36BNO4/c1-15(2)11-21(26-18(22(27)28)12-16-9-7-6-8-10-16)25-29-20-14-17-13-19(23(17,3)4)24(20,5)30-25/h6-10,15,17-21,26H,11-14H2,1-5H3,(H,27,28)/t17?,18?,19-,20-,21+,24-/m0/s1. The van der Waals surface area contributed by atoms with E-state index < -0.39 is 19.1 Å². The van der Waals surface area contributed by atoms with Crippen molar-refractivity contribution >= 4 is 13.1 Å². The fourth-order valence-electron chi connectivity index (χ4n) is 6.16. The molecule has 1 aliphatic heterocycles. The van der Waals surface area contributed by atoms with Gasteiger partial charge >= 0.3 is 13.1 Å². The predicted molar refractivity (Wildman–Crippen MR) is 118 cm³/mol. The maximum Gasteiger partial charge on any atom is 0.475 e. The highest BCUT2D eigenvalue weighted by molar-refractivity contribution is 6.47. The zero-order valence-electron chi connectivity index (χ0n) is 18.9. The molecule has 2 N–H and O–H groups in total. The van der Waals surface area contributed by atoms with Crippen LogP contribution in [0.2, 0.25) is 0 Å². The number of carbonyl (C=O) groups is 1. The highest BCUT2D eigenvalue weighted by Crippen LogP contribution is 2.65. The van der Waals surface area contributed by atoms with Crippen molar-refractivity contribution < 1.29 is 19.2 Å². The number of benzene rings is 1. The number of aliphatic carboxylic acids is 1. The second-order valence-electron chi connectivity index (χ2n) is 10.8. The Hall–Kier alpha value is -1.37. The Labute approximate surface area is 181 Å². The van der Waals surface area contributed by atoms with E-state index in [-0.39, 0.29) is 17.6 Å². The van der Waals surface area contributed by atoms with Crippen LogP contribution in [0.3, 0.4) is 0 Å². The van der Waals surface area contributed by atoms with Gasteiger partial charge in [-0.15, -0.1) is 0 Å². The van der Waals surface area contributed by atoms with Crippen molar-refractivity contribution in [2.24, 2.45) is 23.2 Å². The predicted octanol–water partition coefficient (Wildman–Crippen LogP) is 3.95. The molecule has 6 heteroatoms. The van der Waals surface area contributed by atoms with Gasteiger partial charge in [0, 0.05) is 5.94 Å². The quantitative estimate of drug-likeness (QED) is 0.632. The third-order valence-corrected chi connectivity index (χ3v) is 8.02. The van der Waals surface area contributed by atoms with Crippen molar-refractivity contribution in [3.05, 3.63) is 35.9 Å². The zero-order chi connectivity index (χ0) is 21.7. The van der Waals surface area contributed by atoms with Crippen LogP contribution in [-0.2, 0) is 20.5 Å². The topological polar surface area (TPSA) is 67.8 Å². The summed E-state index contributed by atoms with van der Waals surface area (Å²) in [6.45, 7) is 11.2. The number of carboxylic acids is 1. The van der Waals surface area contributed by atoms with Gasteiger partial charge in [-0.1, -0.05) is 58.0 Å². The molecule has 5 rings (SSSR count). The van der Waals surface area contributed by atoms with Gasteiger partial charge in [0.1, 0.15) is 6.04 Å². The largest absolute Gasteiger partial charge is 0.480 e. The van der Waals surface area contributed by atoms with E-state index in [0.717, 1.165) is 18.4 Å². The van der Waals surface area contributed by atoms with Gasteiger partial charge in [0.25, 0.3) is 0 Å². The third-order valence-electron chi connectivity index (χ3n) is 8.02. The summed E-state index contributed by atoms with van der Waals surface area (Å²) < 4.78 is 13.1. The van der Waals surface area contributed by atoms with E-state index in [1.807, 2.05) is 30.3 Å². The van der Waals surface area contributed by atoms with Crippen LogP contribution in [0.4, 0.5) is 0 Å². The summed E-state index contributed by atoms with van der Waals surface area (Å²) in [4.78, 5) is 12.1. The van der Waals surface area contributed by atoms with Crippen molar-refractivity contribution in [1.29, 1.82) is 0 Å². The smallest absolute Gasteiger partial charge is 0.475 e. The zero-order valence-corrected chi connectivity index (χ0v) is 18.9. The van der Waals surface area contributed by atoms with E-state index in [0.29, 0.717) is 29.6 Å². The van der Waals surface area contributed by atoms with Crippen LogP contribution in [0, 0.1) is 23.2 Å². The van der Waals surface area contributed by atoms with Crippen LogP contribution in [-0.4, -0.2) is 41.9 Å². The third kappa shape index (κ3) is 3.83. The number of hydrogen-bond donors (Lipinski definition) is 2. The summed E-state index contributed by atoms with van der Waals surface area (Å²) in [7, 11) is -0.407. The minimum atomic E-state index is -0.836. The van der Waals surface area contributed by atoms with Crippen LogP contribution >= 0.6 is 0 Å². The van der Waals surface area contributed by atoms with Gasteiger partial charge in [-0.3, -0.25) is 4.79 Å². The molecule has 5 nitrogen and oxygen atoms in total. The van der Waals surface area contributed by atoms with Crippen molar-refractivity contribution in [3.8, 4) is 0 Å². The van der Waals surface area contributed by atoms with Crippen molar-refractivity contribution in [2.45, 2.75) is 84.0 Å². The Morgan fingerprint density at radius 1 is 1.23 bits per heavy atom. The van der Waals surface area contributed by atoms with E-state index in [1.165, 1.54) is 6.42 Å². The fourth-order valence-corrected chi connectivity index (χ4v) is 6.16. The number of carboxylic acid groups (broad SMARTS) is 1. The average molecular weight is 413 g/mol. The van der Waals surface area contributed by atoms with Crippen molar-refractivity contribution in [1.82, 2.24) is 5.32 Å². The first-order chi connectivity index (χ1) is 14.1. The Morgan fingerprint density at radius 3 is 2.53 bits per heavy atom. The Kier molecular flexibility index (Phi) is 5.80. The molecule has 0 spiro atoms. The first-order valence-corrected chi connectivity index (χ1v) is 11.5. The summed E-state index contributed by atoms with van der Waals surface area (Å²) in [5, 5.41) is 13.3. The molecule has 1 aromatic rings. The first-order valence-electron chi connectivity index (χ1n) is 11.5. The van der Waals surface area contributed by atoms with Crippen LogP contribution in [0.5, 0.6) is 0 Å². The lowest BCUT2D eigenvalue weighted by molar-refractivity contribution is -0.199. The maximum atomic E-state index is 12.1. The van der Waals surface area contributed by atoms with Crippen LogP contribution < -0.4 is 5.32 Å². The molecule has 6 atom stereocenters. The lowest BCUT2D eigenvalue weighted by Gasteiger charge is -2.64. The molecule has 164 valence electrons. The maximum absolute atomic E-state index is 12.1. The first kappa shape index (κ1) is 21.9. The Bertz CT molecular complexity index is 770. The molecule has 2 unspecified atom stereocenters. The van der Waals surface area contributed by atoms with Crippen molar-refractivity contribution in [2.75, 3.05) is 0 Å². The second-order valence-corrected chi connectivity index (χ2v) is 10.8. The van der Waals surface area contributed by atoms with E-state index in [2.05, 4.69) is 39.9 Å². The monoisotopic (exact) mass is 413 g/mol. The minimum absolute atomic E-state index is 0.105. The van der Waals surface area contributed by atoms with E-state index in [9.17, 15) is 9.90 Å². The average Bonchev–Trinajstić information content (AvgIpc) is 3.04. The van der Waals surface area contributed by atoms with Gasteiger partial charge in [-0.25, -0.2) is 0 Å². The second kappa shape index (κ2) is 7.96. The minimum Gasteiger partial charge on any atom is -0.480 e. The molecule has 4 fully saturated rings. The highest BCUT2D eigenvalue weighted by atomic mass is 16.7. The molecule has 3 saturated carbocycles. The van der Waals surface area contributed by atoms with Gasteiger partial charge in [-0.2, -0.15) is 0 Å². The molecule has 3 aliphatic carbocycles. The molecule has 1 aromatic carbocycles. The molecule has 1 heterocycles. The van der Waals surface area contributed by atoms with E-state index >= 15 is 0 Å². The molecule has 0 amide bonds. The molecule has 30 heavy (non-hydrogen) atoms. The Balaban J connectivity index is 1.51. The molecule has 1 saturated heterocycles. The molecule has 4 aliphatic rings. The molecule has 2 bridgehead atoms. The number of nitrogens with one attached hydrogen (secondary N) is 1. The molecule has 0 radical (unpaired) electrons. The van der Waals surface area contributed by atoms with Crippen LogP contribution in [0.15, 0.2) is 30.3 Å². The summed E-state index contributed by atoms with van der Waals surface area (Å²) in [5.74, 6) is 0.610. The van der Waals surface area contributed by atoms with E-state index in [4.69, 9.17) is 9.31 Å². The summed E-state index contributed by atoms with van der Waals surface area (Å²) in [6, 6.07) is 9.11. The van der Waals surface area contributed by atoms with Gasteiger partial charge in [0.05, 0.1) is 11.7 Å². The van der Waals surface area contributed by atoms with Crippen molar-refractivity contribution in [3.63, 3.8) is 0 Å². The van der Waals surface area contributed by atoms with E-state index in [1.54, 1.807) is 0 Å². The summed E-state index contributed by atoms with van der Waals surface area (Å²) in [6.07, 6.45) is 3.61. The van der Waals surface area contributed by atoms with Crippen LogP contribution in [0.1, 0.15) is 59.4 Å². The van der Waals surface area contributed by atoms with Gasteiger partial charge in [0.15, 0.2) is 0 Å². The lowest BCUT2D eigenvalue weighted by atomic mass is 9.43. The van der Waals surface area contributed by atoms with Gasteiger partial charge in [0.2, 0.25) is 0 Å². The normalized spacial score (nSPS) is 33.7. The van der Waals surface area contributed by atoms with Crippen LogP contribution in [0.25, 0.3) is 0 Å². The fraction of sp³-hybridized carbons (Fsp3) is 0.708. The number of rotatable bonds is 8. The summed E-state index contributed by atoms with van der Waals surface area (Å²) >= 11 is 0.